The first-order chi connectivity index (χ1) is 13.6. The molecular weight excluding hydrogens is 449 g/mol. The van der Waals surface area contributed by atoms with Crippen molar-refractivity contribution in [3.8, 4) is 5.69 Å². The number of hydrogen-bond acceptors (Lipinski definition) is 2. The molecule has 0 bridgehead atoms. The minimum atomic E-state index is -4.50. The van der Waals surface area contributed by atoms with Crippen molar-refractivity contribution in [3.05, 3.63) is 87.1 Å². The van der Waals surface area contributed by atoms with E-state index in [4.69, 9.17) is 10.8 Å². The fraction of sp³-hybridized carbons (Fsp3) is 0.190. The smallest absolute Gasteiger partial charge is 0.418 e. The highest BCUT2D eigenvalue weighted by Gasteiger charge is 2.34. The molecule has 0 amide bonds. The van der Waals surface area contributed by atoms with E-state index in [1.165, 1.54) is 35.8 Å². The normalized spacial score (nSPS) is 11.0. The monoisotopic (exact) mass is 468 g/mol. The van der Waals surface area contributed by atoms with Crippen LogP contribution in [-0.2, 0) is 12.7 Å². The van der Waals surface area contributed by atoms with Crippen LogP contribution in [0, 0.1) is 13.8 Å². The molecule has 3 rings (SSSR count). The van der Waals surface area contributed by atoms with Gasteiger partial charge >= 0.3 is 12.1 Å². The average Bonchev–Trinajstić information content (AvgIpc) is 2.96. The van der Waals surface area contributed by atoms with Gasteiger partial charge < -0.3 is 15.4 Å². The van der Waals surface area contributed by atoms with Gasteiger partial charge in [0.25, 0.3) is 0 Å². The third-order valence-corrected chi connectivity index (χ3v) is 5.06. The van der Waals surface area contributed by atoms with E-state index >= 15 is 0 Å². The lowest BCUT2D eigenvalue weighted by molar-refractivity contribution is -0.137. The Morgan fingerprint density at radius 2 is 1.69 bits per heavy atom. The van der Waals surface area contributed by atoms with Crippen molar-refractivity contribution in [2.75, 3.05) is 0 Å². The molecule has 0 aliphatic heterocycles. The minimum absolute atomic E-state index is 0.000484. The van der Waals surface area contributed by atoms with Gasteiger partial charge in [-0.25, -0.2) is 4.79 Å². The van der Waals surface area contributed by atoms with Crippen molar-refractivity contribution in [2.45, 2.75) is 26.6 Å². The second kappa shape index (κ2) is 9.28. The summed E-state index contributed by atoms with van der Waals surface area (Å²) in [5.74, 6) is -1.16. The van der Waals surface area contributed by atoms with E-state index in [-0.39, 0.29) is 16.9 Å². The zero-order valence-electron chi connectivity index (χ0n) is 15.8. The predicted octanol–water partition coefficient (Wildman–Crippen LogP) is 5.72. The number of carboxylic acid groups (broad SMARTS) is 1. The number of nitrogens with zero attached hydrogens (tertiary/aromatic N) is 1. The number of halogens is 4. The second-order valence-electron chi connectivity index (χ2n) is 6.24. The van der Waals surface area contributed by atoms with E-state index in [0.29, 0.717) is 12.2 Å². The lowest BCUT2D eigenvalue weighted by Gasteiger charge is -2.16. The molecule has 0 spiro atoms. The number of aromatic nitrogens is 1. The van der Waals surface area contributed by atoms with Gasteiger partial charge in [-0.1, -0.05) is 46.3 Å². The van der Waals surface area contributed by atoms with Crippen LogP contribution in [0.5, 0.6) is 0 Å². The van der Waals surface area contributed by atoms with Gasteiger partial charge in [-0.05, 0) is 43.7 Å². The number of rotatable bonds is 3. The van der Waals surface area contributed by atoms with Gasteiger partial charge in [0.05, 0.1) is 16.8 Å². The van der Waals surface area contributed by atoms with Gasteiger partial charge in [-0.3, -0.25) is 0 Å². The summed E-state index contributed by atoms with van der Waals surface area (Å²) in [5.41, 5.74) is 6.42. The molecule has 0 fully saturated rings. The van der Waals surface area contributed by atoms with Crippen LogP contribution >= 0.6 is 15.9 Å². The number of alkyl halides is 3. The van der Waals surface area contributed by atoms with Crippen LogP contribution < -0.4 is 5.73 Å². The molecule has 0 saturated heterocycles. The summed E-state index contributed by atoms with van der Waals surface area (Å²) in [7, 11) is 0. The maximum atomic E-state index is 13.0. The molecule has 0 unspecified atom stereocenters. The van der Waals surface area contributed by atoms with Crippen LogP contribution in [0.1, 0.15) is 32.9 Å². The molecular formula is C21H20BrF3N2O2. The first kappa shape index (κ1) is 22.7. The van der Waals surface area contributed by atoms with Crippen molar-refractivity contribution in [1.29, 1.82) is 0 Å². The maximum absolute atomic E-state index is 13.0. The molecule has 2 aromatic carbocycles. The number of benzene rings is 2. The Hall–Kier alpha value is -2.58. The predicted molar refractivity (Wildman–Crippen MR) is 109 cm³/mol. The van der Waals surface area contributed by atoms with Crippen molar-refractivity contribution in [1.82, 2.24) is 4.57 Å². The number of nitrogens with two attached hydrogens (primary N) is 1. The first-order valence-electron chi connectivity index (χ1n) is 8.60. The summed E-state index contributed by atoms with van der Waals surface area (Å²) in [6.07, 6.45) is -4.50. The summed E-state index contributed by atoms with van der Waals surface area (Å²) >= 11 is 3.38. The van der Waals surface area contributed by atoms with Gasteiger partial charge in [0.15, 0.2) is 0 Å². The van der Waals surface area contributed by atoms with E-state index < -0.39 is 17.7 Å². The topological polar surface area (TPSA) is 68.2 Å². The number of carboxylic acids is 1. The molecule has 0 saturated carbocycles. The van der Waals surface area contributed by atoms with Gasteiger partial charge in [0, 0.05) is 22.4 Å². The van der Waals surface area contributed by atoms with Crippen LogP contribution in [0.3, 0.4) is 0 Å². The lowest BCUT2D eigenvalue weighted by atomic mass is 10.1. The van der Waals surface area contributed by atoms with E-state index in [1.54, 1.807) is 6.92 Å². The van der Waals surface area contributed by atoms with Crippen molar-refractivity contribution in [3.63, 3.8) is 0 Å². The van der Waals surface area contributed by atoms with E-state index in [2.05, 4.69) is 15.9 Å². The molecule has 0 radical (unpaired) electrons. The zero-order valence-corrected chi connectivity index (χ0v) is 17.4. The van der Waals surface area contributed by atoms with Gasteiger partial charge in [0.1, 0.15) is 0 Å². The highest BCUT2D eigenvalue weighted by Crippen LogP contribution is 2.35. The Morgan fingerprint density at radius 3 is 2.17 bits per heavy atom. The Labute approximate surface area is 174 Å². The summed E-state index contributed by atoms with van der Waals surface area (Å²) in [6.45, 7) is 3.66. The standard InChI is InChI=1S/C14H12F3NO2.C7H8BrN/c1-8-7-10(13(19)20)9(2)18(8)12-6-4-3-5-11(12)14(15,16)17;8-7-4-2-1-3-6(7)5-9/h3-7H,1-2H3,(H,19,20);1-4H,5,9H2. The largest absolute Gasteiger partial charge is 0.478 e. The first-order valence-corrected chi connectivity index (χ1v) is 9.39. The molecule has 3 N–H and O–H groups in total. The molecule has 0 aliphatic carbocycles. The van der Waals surface area contributed by atoms with Crippen molar-refractivity contribution < 1.29 is 23.1 Å². The molecule has 154 valence electrons. The molecule has 0 aliphatic rings. The molecule has 0 atom stereocenters. The van der Waals surface area contributed by atoms with Crippen molar-refractivity contribution >= 4 is 21.9 Å². The highest BCUT2D eigenvalue weighted by atomic mass is 79.9. The van der Waals surface area contributed by atoms with Crippen LogP contribution in [0.4, 0.5) is 13.2 Å². The number of hydrogen-bond donors (Lipinski definition) is 2. The van der Waals surface area contributed by atoms with E-state index in [0.717, 1.165) is 16.1 Å². The molecule has 8 heteroatoms. The lowest BCUT2D eigenvalue weighted by Crippen LogP contribution is -2.12. The number of carbonyl (C=O) groups is 1. The third kappa shape index (κ3) is 5.27. The summed E-state index contributed by atoms with van der Waals surface area (Å²) in [6, 6.07) is 14.4. The molecule has 1 heterocycles. The number of aromatic carboxylic acids is 1. The van der Waals surface area contributed by atoms with Gasteiger partial charge in [-0.15, -0.1) is 0 Å². The average molecular weight is 469 g/mol. The van der Waals surface area contributed by atoms with Crippen LogP contribution in [-0.4, -0.2) is 15.6 Å². The SMILES string of the molecule is Cc1cc(C(=O)O)c(C)n1-c1ccccc1C(F)(F)F.NCc1ccccc1Br. The Bertz CT molecular complexity index is 1010. The second-order valence-corrected chi connectivity index (χ2v) is 7.09. The third-order valence-electron chi connectivity index (χ3n) is 4.29. The van der Waals surface area contributed by atoms with Gasteiger partial charge in [0.2, 0.25) is 0 Å². The van der Waals surface area contributed by atoms with Crippen LogP contribution in [0.2, 0.25) is 0 Å². The quantitative estimate of drug-likeness (QED) is 0.516. The molecule has 29 heavy (non-hydrogen) atoms. The van der Waals surface area contributed by atoms with Crippen molar-refractivity contribution in [2.24, 2.45) is 5.73 Å². The van der Waals surface area contributed by atoms with Crippen LogP contribution in [0.15, 0.2) is 59.1 Å². The maximum Gasteiger partial charge on any atom is 0.418 e. The van der Waals surface area contributed by atoms with Gasteiger partial charge in [-0.2, -0.15) is 13.2 Å². The fourth-order valence-electron chi connectivity index (χ4n) is 2.92. The summed E-state index contributed by atoms with van der Waals surface area (Å²) in [5, 5.41) is 9.04. The number of para-hydroxylation sites is 1. The summed E-state index contributed by atoms with van der Waals surface area (Å²) in [4.78, 5) is 11.1. The van der Waals surface area contributed by atoms with Crippen LogP contribution in [0.25, 0.3) is 5.69 Å². The minimum Gasteiger partial charge on any atom is -0.478 e. The highest BCUT2D eigenvalue weighted by molar-refractivity contribution is 9.10. The molecule has 1 aromatic heterocycles. The fourth-order valence-corrected chi connectivity index (χ4v) is 3.37. The Kier molecular flexibility index (Phi) is 7.26. The Morgan fingerprint density at radius 1 is 1.10 bits per heavy atom. The molecule has 4 nitrogen and oxygen atoms in total. The Balaban J connectivity index is 0.000000278. The molecule has 3 aromatic rings. The van der Waals surface area contributed by atoms with E-state index in [9.17, 15) is 18.0 Å². The number of aryl methyl sites for hydroxylation is 1. The zero-order chi connectivity index (χ0) is 21.8. The van der Waals surface area contributed by atoms with E-state index in [1.807, 2.05) is 24.3 Å². The summed E-state index contributed by atoms with van der Waals surface area (Å²) < 4.78 is 41.5.